The molecule has 1 aromatic carbocycles. The summed E-state index contributed by atoms with van der Waals surface area (Å²) in [6.07, 6.45) is 1.44. The molecule has 3 amide bonds. The molecule has 21 heavy (non-hydrogen) atoms. The van der Waals surface area contributed by atoms with E-state index in [9.17, 15) is 14.0 Å². The lowest BCUT2D eigenvalue weighted by Gasteiger charge is -2.19. The molecule has 0 spiro atoms. The largest absolute Gasteiger partial charge is 0.466 e. The first-order valence-corrected chi connectivity index (χ1v) is 6.43. The fraction of sp³-hybridized carbons (Fsp3) is 0.200. The van der Waals surface area contributed by atoms with Crippen LogP contribution >= 0.6 is 0 Å². The van der Waals surface area contributed by atoms with Crippen molar-refractivity contribution in [2.24, 2.45) is 0 Å². The molecular weight excluding hydrogens is 275 g/mol. The van der Waals surface area contributed by atoms with Crippen LogP contribution in [0.4, 0.5) is 9.18 Å². The third-order valence-corrected chi connectivity index (χ3v) is 3.52. The number of benzene rings is 1. The number of hydrogen-bond acceptors (Lipinski definition) is 3. The normalized spacial score (nSPS) is 21.7. The summed E-state index contributed by atoms with van der Waals surface area (Å²) in [6.45, 7) is 1.59. The molecule has 1 atom stereocenters. The van der Waals surface area contributed by atoms with Gasteiger partial charge in [0.2, 0.25) is 0 Å². The van der Waals surface area contributed by atoms with E-state index in [1.54, 1.807) is 25.1 Å². The maximum atomic E-state index is 13.2. The smallest absolute Gasteiger partial charge is 0.325 e. The molecule has 2 aromatic rings. The number of nitrogens with zero attached hydrogens (tertiary/aromatic N) is 1. The quantitative estimate of drug-likeness (QED) is 0.882. The van der Waals surface area contributed by atoms with Crippen LogP contribution in [0.5, 0.6) is 0 Å². The zero-order chi connectivity index (χ0) is 15.0. The molecule has 0 radical (unpaired) electrons. The van der Waals surface area contributed by atoms with Crippen LogP contribution in [0.15, 0.2) is 47.1 Å². The second kappa shape index (κ2) is 4.73. The minimum absolute atomic E-state index is 0.0126. The number of nitrogens with one attached hydrogen (secondary N) is 1. The molecule has 5 nitrogen and oxygen atoms in total. The molecule has 1 fully saturated rings. The van der Waals surface area contributed by atoms with Crippen molar-refractivity contribution in [2.75, 3.05) is 0 Å². The van der Waals surface area contributed by atoms with Gasteiger partial charge in [0, 0.05) is 0 Å². The van der Waals surface area contributed by atoms with Crippen LogP contribution in [0.2, 0.25) is 0 Å². The number of carbonyl (C=O) groups is 2. The number of hydrogen-bond donors (Lipinski definition) is 1. The number of imide groups is 1. The monoisotopic (exact) mass is 288 g/mol. The lowest BCUT2D eigenvalue weighted by molar-refractivity contribution is -0.132. The predicted octanol–water partition coefficient (Wildman–Crippen LogP) is 2.39. The van der Waals surface area contributed by atoms with E-state index in [0.29, 0.717) is 11.3 Å². The fourth-order valence-corrected chi connectivity index (χ4v) is 2.39. The topological polar surface area (TPSA) is 62.6 Å². The Morgan fingerprint density at radius 3 is 2.76 bits per heavy atom. The highest BCUT2D eigenvalue weighted by Crippen LogP contribution is 2.29. The average molecular weight is 288 g/mol. The van der Waals surface area contributed by atoms with Gasteiger partial charge >= 0.3 is 6.03 Å². The first kappa shape index (κ1) is 13.4. The van der Waals surface area contributed by atoms with E-state index < -0.39 is 23.3 Å². The third-order valence-electron chi connectivity index (χ3n) is 3.52. The SMILES string of the molecule is C[C@@]1(c2ccco2)NC(=O)N(Cc2cccc(F)c2)C1=O. The summed E-state index contributed by atoms with van der Waals surface area (Å²) in [6, 6.07) is 8.55. The van der Waals surface area contributed by atoms with Crippen LogP contribution in [0.3, 0.4) is 0 Å². The highest BCUT2D eigenvalue weighted by atomic mass is 19.1. The van der Waals surface area contributed by atoms with Gasteiger partial charge in [-0.15, -0.1) is 0 Å². The molecule has 0 aliphatic carbocycles. The Kier molecular flexibility index (Phi) is 3.01. The van der Waals surface area contributed by atoms with Crippen molar-refractivity contribution in [3.63, 3.8) is 0 Å². The first-order chi connectivity index (χ1) is 10.0. The van der Waals surface area contributed by atoms with Gasteiger partial charge in [-0.1, -0.05) is 12.1 Å². The maximum Gasteiger partial charge on any atom is 0.325 e. The second-order valence-corrected chi connectivity index (χ2v) is 5.05. The lowest BCUT2D eigenvalue weighted by atomic mass is 9.99. The van der Waals surface area contributed by atoms with Crippen LogP contribution < -0.4 is 5.32 Å². The molecule has 1 saturated heterocycles. The Hall–Kier alpha value is -2.63. The van der Waals surface area contributed by atoms with Gasteiger partial charge in [0.05, 0.1) is 12.8 Å². The van der Waals surface area contributed by atoms with E-state index in [0.717, 1.165) is 4.90 Å². The zero-order valence-corrected chi connectivity index (χ0v) is 11.3. The molecule has 1 aliphatic rings. The Morgan fingerprint density at radius 2 is 2.10 bits per heavy atom. The van der Waals surface area contributed by atoms with E-state index >= 15 is 0 Å². The van der Waals surface area contributed by atoms with E-state index in [2.05, 4.69) is 5.32 Å². The Balaban J connectivity index is 1.88. The molecule has 1 aliphatic heterocycles. The van der Waals surface area contributed by atoms with Crippen LogP contribution in [-0.2, 0) is 16.9 Å². The molecular formula is C15H13FN2O3. The molecule has 0 saturated carbocycles. The fourth-order valence-electron chi connectivity index (χ4n) is 2.39. The number of carbonyl (C=O) groups excluding carboxylic acids is 2. The van der Waals surface area contributed by atoms with Gasteiger partial charge in [-0.3, -0.25) is 9.69 Å². The molecule has 108 valence electrons. The highest BCUT2D eigenvalue weighted by molar-refractivity contribution is 6.06. The summed E-state index contributed by atoms with van der Waals surface area (Å²) in [5.41, 5.74) is -0.685. The molecule has 0 unspecified atom stereocenters. The molecule has 1 aromatic heterocycles. The van der Waals surface area contributed by atoms with Crippen molar-refractivity contribution < 1.29 is 18.4 Å². The summed E-state index contributed by atoms with van der Waals surface area (Å²) in [7, 11) is 0. The molecule has 0 bridgehead atoms. The van der Waals surface area contributed by atoms with E-state index in [1.165, 1.54) is 24.5 Å². The number of furan rings is 1. The predicted molar refractivity (Wildman–Crippen MR) is 71.5 cm³/mol. The van der Waals surface area contributed by atoms with Gasteiger partial charge in [0.25, 0.3) is 5.91 Å². The minimum Gasteiger partial charge on any atom is -0.466 e. The molecule has 1 N–H and O–H groups in total. The lowest BCUT2D eigenvalue weighted by Crippen LogP contribution is -2.40. The van der Waals surface area contributed by atoms with Crippen molar-refractivity contribution >= 4 is 11.9 Å². The Bertz CT molecular complexity index is 699. The van der Waals surface area contributed by atoms with Gasteiger partial charge in [0.1, 0.15) is 11.6 Å². The number of rotatable bonds is 3. The maximum absolute atomic E-state index is 13.2. The van der Waals surface area contributed by atoms with Gasteiger partial charge in [-0.05, 0) is 36.8 Å². The minimum atomic E-state index is -1.23. The molecule has 2 heterocycles. The molecule has 6 heteroatoms. The van der Waals surface area contributed by atoms with Crippen molar-refractivity contribution in [1.82, 2.24) is 10.2 Å². The summed E-state index contributed by atoms with van der Waals surface area (Å²) in [5.74, 6) is -0.470. The highest BCUT2D eigenvalue weighted by Gasteiger charge is 2.50. The first-order valence-electron chi connectivity index (χ1n) is 6.43. The number of halogens is 1. The van der Waals surface area contributed by atoms with Crippen molar-refractivity contribution in [3.8, 4) is 0 Å². The standard InChI is InChI=1S/C15H13FN2O3/c1-15(12-6-3-7-21-12)13(19)18(14(20)17-15)9-10-4-2-5-11(16)8-10/h2-8H,9H2,1H3,(H,17,20)/t15-/m0/s1. The summed E-state index contributed by atoms with van der Waals surface area (Å²) < 4.78 is 18.4. The molecule has 3 rings (SSSR count). The van der Waals surface area contributed by atoms with Crippen molar-refractivity contribution in [2.45, 2.75) is 19.0 Å². The van der Waals surface area contributed by atoms with E-state index in [-0.39, 0.29) is 6.54 Å². The van der Waals surface area contributed by atoms with Crippen LogP contribution in [0, 0.1) is 5.82 Å². The van der Waals surface area contributed by atoms with Gasteiger partial charge in [-0.25, -0.2) is 9.18 Å². The van der Waals surface area contributed by atoms with Gasteiger partial charge < -0.3 is 9.73 Å². The second-order valence-electron chi connectivity index (χ2n) is 5.05. The third kappa shape index (κ3) is 2.18. The summed E-state index contributed by atoms with van der Waals surface area (Å²) >= 11 is 0. The van der Waals surface area contributed by atoms with E-state index in [4.69, 9.17) is 4.42 Å². The van der Waals surface area contributed by atoms with E-state index in [1.807, 2.05) is 0 Å². The van der Waals surface area contributed by atoms with Crippen molar-refractivity contribution in [3.05, 3.63) is 59.8 Å². The van der Waals surface area contributed by atoms with Gasteiger partial charge in [0.15, 0.2) is 5.54 Å². The van der Waals surface area contributed by atoms with Gasteiger partial charge in [-0.2, -0.15) is 0 Å². The number of urea groups is 1. The zero-order valence-electron chi connectivity index (χ0n) is 11.3. The summed E-state index contributed by atoms with van der Waals surface area (Å²) in [4.78, 5) is 25.6. The Labute approximate surface area is 120 Å². The number of amides is 3. The average Bonchev–Trinajstić information content (AvgIpc) is 3.04. The Morgan fingerprint density at radius 1 is 1.29 bits per heavy atom. The van der Waals surface area contributed by atoms with Crippen LogP contribution in [0.25, 0.3) is 0 Å². The summed E-state index contributed by atoms with van der Waals surface area (Å²) in [5, 5.41) is 2.62. The van der Waals surface area contributed by atoms with Crippen molar-refractivity contribution in [1.29, 1.82) is 0 Å². The van der Waals surface area contributed by atoms with Crippen LogP contribution in [0.1, 0.15) is 18.2 Å². The van der Waals surface area contributed by atoms with Crippen LogP contribution in [-0.4, -0.2) is 16.8 Å².